The van der Waals surface area contributed by atoms with Gasteiger partial charge >= 0.3 is 0 Å². The predicted molar refractivity (Wildman–Crippen MR) is 91.1 cm³/mol. The minimum absolute atomic E-state index is 0.196. The highest BCUT2D eigenvalue weighted by atomic mass is 16.5. The summed E-state index contributed by atoms with van der Waals surface area (Å²) in [4.78, 5) is 16.2. The zero-order valence-corrected chi connectivity index (χ0v) is 13.8. The number of allylic oxidation sites excluding steroid dienone is 2. The topological polar surface area (TPSA) is 72.0 Å². The van der Waals surface area contributed by atoms with Gasteiger partial charge in [0.15, 0.2) is 11.5 Å². The summed E-state index contributed by atoms with van der Waals surface area (Å²) in [6.45, 7) is 1.97. The predicted octanol–water partition coefficient (Wildman–Crippen LogP) is 2.49. The number of carbonyl (C=O) groups excluding carboxylic acids is 1. The van der Waals surface area contributed by atoms with Gasteiger partial charge in [0.1, 0.15) is 11.4 Å². The van der Waals surface area contributed by atoms with Gasteiger partial charge in [-0.1, -0.05) is 19.1 Å². The Morgan fingerprint density at radius 3 is 2.87 bits per heavy atom. The number of rotatable bonds is 5. The summed E-state index contributed by atoms with van der Waals surface area (Å²) < 4.78 is 11.3. The number of carbonyl (C=O) groups is 1. The molecule has 1 aliphatic heterocycles. The Labute approximate surface area is 135 Å². The fourth-order valence-electron chi connectivity index (χ4n) is 2.30. The zero-order chi connectivity index (χ0) is 16.8. The Kier molecular flexibility index (Phi) is 5.41. The highest BCUT2D eigenvalue weighted by Gasteiger charge is 2.26. The molecular weight excluding hydrogens is 294 g/mol. The van der Waals surface area contributed by atoms with E-state index in [0.29, 0.717) is 40.6 Å². The molecule has 6 nitrogen and oxygen atoms in total. The molecule has 2 rings (SSSR count). The van der Waals surface area contributed by atoms with Crippen molar-refractivity contribution < 1.29 is 14.3 Å². The van der Waals surface area contributed by atoms with E-state index in [4.69, 9.17) is 9.47 Å². The maximum atomic E-state index is 12.2. The van der Waals surface area contributed by atoms with Crippen LogP contribution in [0.4, 0.5) is 5.69 Å². The summed E-state index contributed by atoms with van der Waals surface area (Å²) in [7, 11) is 4.83. The largest absolute Gasteiger partial charge is 0.494 e. The summed E-state index contributed by atoms with van der Waals surface area (Å²) in [5.74, 6) is 1.55. The third-order valence-corrected chi connectivity index (χ3v) is 3.32. The molecule has 1 heterocycles. The average molecular weight is 315 g/mol. The van der Waals surface area contributed by atoms with E-state index in [9.17, 15) is 4.79 Å². The van der Waals surface area contributed by atoms with Gasteiger partial charge in [0.2, 0.25) is 0 Å². The molecular formula is C17H21N3O3. The van der Waals surface area contributed by atoms with Gasteiger partial charge < -0.3 is 20.1 Å². The van der Waals surface area contributed by atoms with E-state index < -0.39 is 0 Å². The van der Waals surface area contributed by atoms with Gasteiger partial charge in [0.05, 0.1) is 24.6 Å². The lowest BCUT2D eigenvalue weighted by Gasteiger charge is -2.25. The van der Waals surface area contributed by atoms with Crippen LogP contribution in [0.5, 0.6) is 11.5 Å². The average Bonchev–Trinajstić information content (AvgIpc) is 2.58. The van der Waals surface area contributed by atoms with Crippen molar-refractivity contribution in [2.24, 2.45) is 4.99 Å². The molecule has 1 amide bonds. The number of amides is 1. The van der Waals surface area contributed by atoms with Crippen LogP contribution in [0.1, 0.15) is 13.3 Å². The highest BCUT2D eigenvalue weighted by Crippen LogP contribution is 2.40. The summed E-state index contributed by atoms with van der Waals surface area (Å²) in [6.07, 6.45) is 4.13. The van der Waals surface area contributed by atoms with E-state index >= 15 is 0 Å². The molecule has 0 aliphatic carbocycles. The smallest absolute Gasteiger partial charge is 0.252 e. The van der Waals surface area contributed by atoms with Gasteiger partial charge in [-0.05, 0) is 18.6 Å². The van der Waals surface area contributed by atoms with Crippen molar-refractivity contribution in [2.45, 2.75) is 13.3 Å². The first kappa shape index (κ1) is 16.6. The number of nitrogens with one attached hydrogen (secondary N) is 2. The SMILES string of the molecule is CC/C=C(\C(=O)NC)C1=C(C=NC)Oc2cccc(OC)c2N1. The van der Waals surface area contributed by atoms with Gasteiger partial charge in [0, 0.05) is 14.1 Å². The number of ether oxygens (including phenoxy) is 2. The van der Waals surface area contributed by atoms with Gasteiger partial charge in [-0.15, -0.1) is 0 Å². The van der Waals surface area contributed by atoms with Crippen LogP contribution in [-0.4, -0.2) is 33.3 Å². The number of para-hydroxylation sites is 1. The first-order valence-corrected chi connectivity index (χ1v) is 7.37. The van der Waals surface area contributed by atoms with Gasteiger partial charge in [-0.2, -0.15) is 0 Å². The van der Waals surface area contributed by atoms with E-state index in [1.54, 1.807) is 27.4 Å². The number of nitrogens with zero attached hydrogens (tertiary/aromatic N) is 1. The van der Waals surface area contributed by atoms with Crippen LogP contribution in [0.15, 0.2) is 46.3 Å². The molecule has 0 unspecified atom stereocenters. The molecule has 0 spiro atoms. The number of hydrogen-bond donors (Lipinski definition) is 2. The van der Waals surface area contributed by atoms with E-state index in [1.807, 2.05) is 31.2 Å². The van der Waals surface area contributed by atoms with Crippen LogP contribution in [0.3, 0.4) is 0 Å². The zero-order valence-electron chi connectivity index (χ0n) is 13.8. The fraction of sp³-hybridized carbons (Fsp3) is 0.294. The quantitative estimate of drug-likeness (QED) is 0.647. The number of likely N-dealkylation sites (N-methyl/N-ethyl adjacent to an activating group) is 1. The maximum Gasteiger partial charge on any atom is 0.252 e. The highest BCUT2D eigenvalue weighted by molar-refractivity contribution is 6.01. The minimum atomic E-state index is -0.196. The van der Waals surface area contributed by atoms with Crippen molar-refractivity contribution in [3.63, 3.8) is 0 Å². The molecule has 0 atom stereocenters. The molecule has 2 N–H and O–H groups in total. The number of methoxy groups -OCH3 is 1. The van der Waals surface area contributed by atoms with Crippen LogP contribution >= 0.6 is 0 Å². The Bertz CT molecular complexity index is 690. The van der Waals surface area contributed by atoms with Crippen molar-refractivity contribution in [3.8, 4) is 11.5 Å². The first-order chi connectivity index (χ1) is 11.2. The lowest BCUT2D eigenvalue weighted by molar-refractivity contribution is -0.116. The van der Waals surface area contributed by atoms with Crippen LogP contribution in [-0.2, 0) is 4.79 Å². The van der Waals surface area contributed by atoms with Gasteiger partial charge in [0.25, 0.3) is 5.91 Å². The van der Waals surface area contributed by atoms with Crippen molar-refractivity contribution in [3.05, 3.63) is 41.3 Å². The lowest BCUT2D eigenvalue weighted by atomic mass is 10.1. The molecule has 122 valence electrons. The molecule has 0 aromatic heterocycles. The number of fused-ring (bicyclic) bond motifs is 1. The Morgan fingerprint density at radius 2 is 2.26 bits per heavy atom. The number of hydrogen-bond acceptors (Lipinski definition) is 5. The molecule has 1 aliphatic rings. The standard InChI is InChI=1S/C17H21N3O3/c1-5-7-11(17(21)19-3)15-14(10-18-2)23-13-9-6-8-12(22-4)16(13)20-15/h6-10,20H,5H2,1-4H3,(H,19,21)/b11-7-,18-10?. The number of benzene rings is 1. The molecule has 0 saturated carbocycles. The molecule has 0 bridgehead atoms. The Balaban J connectivity index is 2.57. The molecule has 0 saturated heterocycles. The monoisotopic (exact) mass is 315 g/mol. The van der Waals surface area contributed by atoms with Gasteiger partial charge in [-0.25, -0.2) is 0 Å². The van der Waals surface area contributed by atoms with Crippen molar-refractivity contribution >= 4 is 17.8 Å². The first-order valence-electron chi connectivity index (χ1n) is 7.37. The van der Waals surface area contributed by atoms with Crippen LogP contribution in [0.25, 0.3) is 0 Å². The second kappa shape index (κ2) is 7.49. The molecule has 0 fully saturated rings. The van der Waals surface area contributed by atoms with E-state index in [-0.39, 0.29) is 5.91 Å². The van der Waals surface area contributed by atoms with Gasteiger partial charge in [-0.3, -0.25) is 9.79 Å². The maximum absolute atomic E-state index is 12.2. The molecule has 0 radical (unpaired) electrons. The summed E-state index contributed by atoms with van der Waals surface area (Å²) >= 11 is 0. The second-order valence-corrected chi connectivity index (χ2v) is 4.79. The van der Waals surface area contributed by atoms with Crippen LogP contribution < -0.4 is 20.1 Å². The normalized spacial score (nSPS) is 14.2. The minimum Gasteiger partial charge on any atom is -0.494 e. The van der Waals surface area contributed by atoms with Crippen LogP contribution in [0.2, 0.25) is 0 Å². The van der Waals surface area contributed by atoms with E-state index in [2.05, 4.69) is 15.6 Å². The van der Waals surface area contributed by atoms with Crippen LogP contribution in [0, 0.1) is 0 Å². The number of anilines is 1. The fourth-order valence-corrected chi connectivity index (χ4v) is 2.30. The number of aliphatic imine (C=N–C) groups is 1. The lowest BCUT2D eigenvalue weighted by Crippen LogP contribution is -2.27. The summed E-state index contributed by atoms with van der Waals surface area (Å²) in [6, 6.07) is 5.50. The van der Waals surface area contributed by atoms with Crippen molar-refractivity contribution in [1.29, 1.82) is 0 Å². The second-order valence-electron chi connectivity index (χ2n) is 4.79. The Hall–Kier alpha value is -2.76. The third kappa shape index (κ3) is 3.36. The molecule has 1 aromatic rings. The van der Waals surface area contributed by atoms with Crippen molar-refractivity contribution in [1.82, 2.24) is 5.32 Å². The summed E-state index contributed by atoms with van der Waals surface area (Å²) in [5.41, 5.74) is 1.75. The molecule has 23 heavy (non-hydrogen) atoms. The van der Waals surface area contributed by atoms with E-state index in [1.165, 1.54) is 0 Å². The summed E-state index contributed by atoms with van der Waals surface area (Å²) in [5, 5.41) is 5.91. The third-order valence-electron chi connectivity index (χ3n) is 3.32. The Morgan fingerprint density at radius 1 is 1.48 bits per heavy atom. The molecule has 6 heteroatoms. The van der Waals surface area contributed by atoms with E-state index in [0.717, 1.165) is 0 Å². The molecule has 1 aromatic carbocycles. The van der Waals surface area contributed by atoms with Crippen molar-refractivity contribution in [2.75, 3.05) is 26.5 Å².